The molecule has 214 valence electrons. The molecule has 40 heavy (non-hydrogen) atoms. The van der Waals surface area contributed by atoms with Crippen LogP contribution in [0.3, 0.4) is 0 Å². The number of carbonyl (C=O) groups is 2. The molecular weight excluding hydrogens is 557 g/mol. The minimum atomic E-state index is -6.86. The first-order valence-electron chi connectivity index (χ1n) is 11.3. The van der Waals surface area contributed by atoms with Crippen molar-refractivity contribution in [2.24, 2.45) is 0 Å². The molecule has 0 saturated heterocycles. The number of nitrogens with one attached hydrogen (secondary N) is 1. The summed E-state index contributed by atoms with van der Waals surface area (Å²) < 4.78 is 127. The molecule has 0 saturated carbocycles. The third-order valence-corrected chi connectivity index (χ3v) is 5.92. The Morgan fingerprint density at radius 3 is 1.80 bits per heavy atom. The fourth-order valence-electron chi connectivity index (χ4n) is 3.86. The zero-order valence-corrected chi connectivity index (χ0v) is 20.7. The Morgan fingerprint density at radius 2 is 1.27 bits per heavy atom. The van der Waals surface area contributed by atoms with E-state index in [1.165, 1.54) is 18.2 Å². The monoisotopic (exact) mass is 577 g/mol. The summed E-state index contributed by atoms with van der Waals surface area (Å²) >= 11 is 0. The van der Waals surface area contributed by atoms with Crippen molar-refractivity contribution >= 4 is 17.6 Å². The summed E-state index contributed by atoms with van der Waals surface area (Å²) in [5.74, 6) is -8.50. The maximum atomic E-state index is 14.9. The fourth-order valence-corrected chi connectivity index (χ4v) is 3.86. The van der Waals surface area contributed by atoms with Gasteiger partial charge in [0.05, 0.1) is 5.56 Å². The Kier molecular flexibility index (Phi) is 8.28. The summed E-state index contributed by atoms with van der Waals surface area (Å²) in [5.41, 5.74) is -8.63. The summed E-state index contributed by atoms with van der Waals surface area (Å²) in [6.07, 6.45) is -13.5. The SMILES string of the molecule is Cc1cc(C(F)(C(F)(F)F)C(F)(F)C(F)(F)F)cc(C)c1NC(=O)c1cccc(C(=O)OCc2ccccc2)c1. The fraction of sp³-hybridized carbons (Fsp3) is 0.259. The van der Waals surface area contributed by atoms with Gasteiger partial charge in [0, 0.05) is 16.8 Å². The second-order valence-corrected chi connectivity index (χ2v) is 8.81. The van der Waals surface area contributed by atoms with Gasteiger partial charge in [-0.3, -0.25) is 4.79 Å². The number of amides is 1. The molecule has 0 spiro atoms. The summed E-state index contributed by atoms with van der Waals surface area (Å²) in [6.45, 7) is 1.93. The van der Waals surface area contributed by atoms with Gasteiger partial charge in [0.25, 0.3) is 5.91 Å². The van der Waals surface area contributed by atoms with E-state index in [0.717, 1.165) is 19.9 Å². The lowest BCUT2D eigenvalue weighted by Crippen LogP contribution is -2.59. The average Bonchev–Trinajstić information content (AvgIpc) is 2.87. The number of hydrogen-bond donors (Lipinski definition) is 1. The number of carbonyl (C=O) groups excluding carboxylic acids is 2. The lowest BCUT2D eigenvalue weighted by molar-refractivity contribution is -0.389. The second kappa shape index (κ2) is 10.9. The number of halogens is 9. The number of ether oxygens (including phenoxy) is 1. The van der Waals surface area contributed by atoms with Crippen molar-refractivity contribution in [3.8, 4) is 0 Å². The van der Waals surface area contributed by atoms with E-state index in [9.17, 15) is 49.1 Å². The van der Waals surface area contributed by atoms with Crippen LogP contribution in [0, 0.1) is 13.8 Å². The predicted octanol–water partition coefficient (Wildman–Crippen LogP) is 7.84. The van der Waals surface area contributed by atoms with Crippen molar-refractivity contribution < 1.29 is 53.8 Å². The molecule has 1 unspecified atom stereocenters. The van der Waals surface area contributed by atoms with E-state index in [0.29, 0.717) is 5.56 Å². The van der Waals surface area contributed by atoms with Crippen LogP contribution in [0.25, 0.3) is 0 Å². The van der Waals surface area contributed by atoms with Gasteiger partial charge in [-0.25, -0.2) is 9.18 Å². The zero-order valence-electron chi connectivity index (χ0n) is 20.7. The van der Waals surface area contributed by atoms with Gasteiger partial charge in [0.2, 0.25) is 0 Å². The summed E-state index contributed by atoms with van der Waals surface area (Å²) in [4.78, 5) is 25.2. The molecule has 1 N–H and O–H groups in total. The Bertz CT molecular complexity index is 1380. The molecule has 0 bridgehead atoms. The van der Waals surface area contributed by atoms with Gasteiger partial charge in [-0.15, -0.1) is 0 Å². The van der Waals surface area contributed by atoms with Crippen molar-refractivity contribution in [1.29, 1.82) is 0 Å². The highest BCUT2D eigenvalue weighted by Crippen LogP contribution is 2.58. The lowest BCUT2D eigenvalue weighted by atomic mass is 9.85. The van der Waals surface area contributed by atoms with Crippen LogP contribution in [0.5, 0.6) is 0 Å². The van der Waals surface area contributed by atoms with Gasteiger partial charge >= 0.3 is 29.9 Å². The first-order valence-corrected chi connectivity index (χ1v) is 11.3. The molecule has 0 aromatic heterocycles. The van der Waals surface area contributed by atoms with Crippen LogP contribution in [-0.2, 0) is 17.0 Å². The third-order valence-electron chi connectivity index (χ3n) is 5.92. The Balaban J connectivity index is 1.88. The van der Waals surface area contributed by atoms with Gasteiger partial charge in [0.15, 0.2) is 0 Å². The molecule has 0 aliphatic heterocycles. The van der Waals surface area contributed by atoms with Crippen LogP contribution >= 0.6 is 0 Å². The average molecular weight is 577 g/mol. The van der Waals surface area contributed by atoms with E-state index in [4.69, 9.17) is 4.74 Å². The van der Waals surface area contributed by atoms with Crippen molar-refractivity contribution in [2.75, 3.05) is 5.32 Å². The molecule has 0 radical (unpaired) electrons. The number of alkyl halides is 9. The van der Waals surface area contributed by atoms with Gasteiger partial charge in [-0.1, -0.05) is 48.5 Å². The first-order chi connectivity index (χ1) is 18.4. The Hall–Kier alpha value is -4.03. The van der Waals surface area contributed by atoms with E-state index >= 15 is 0 Å². The van der Waals surface area contributed by atoms with Gasteiger partial charge in [0.1, 0.15) is 6.61 Å². The van der Waals surface area contributed by atoms with E-state index in [-0.39, 0.29) is 35.6 Å². The largest absolute Gasteiger partial charge is 0.457 e. The molecule has 1 amide bonds. The standard InChI is InChI=1S/C27H20F9NO3/c1-15-11-20(24(28,26(31,32)33)25(29,30)27(34,35)36)12-16(2)21(15)37-22(38)18-9-6-10-19(13-18)23(39)40-14-17-7-4-3-5-8-17/h3-13H,14H2,1-2H3,(H,37,38). The van der Waals surface area contributed by atoms with Crippen LogP contribution in [0.15, 0.2) is 66.7 Å². The second-order valence-electron chi connectivity index (χ2n) is 8.81. The highest BCUT2D eigenvalue weighted by molar-refractivity contribution is 6.06. The van der Waals surface area contributed by atoms with Gasteiger partial charge in [-0.2, -0.15) is 35.1 Å². The van der Waals surface area contributed by atoms with Crippen LogP contribution in [-0.4, -0.2) is 30.2 Å². The van der Waals surface area contributed by atoms with Gasteiger partial charge < -0.3 is 10.1 Å². The van der Waals surface area contributed by atoms with Crippen molar-refractivity contribution in [1.82, 2.24) is 0 Å². The van der Waals surface area contributed by atoms with Crippen LogP contribution in [0.2, 0.25) is 0 Å². The minimum absolute atomic E-state index is 0.0193. The number of anilines is 1. The zero-order chi connectivity index (χ0) is 30.1. The van der Waals surface area contributed by atoms with Gasteiger partial charge in [-0.05, 0) is 48.7 Å². The predicted molar refractivity (Wildman–Crippen MR) is 126 cm³/mol. The number of aryl methyl sites for hydroxylation is 2. The van der Waals surface area contributed by atoms with E-state index < -0.39 is 52.5 Å². The maximum Gasteiger partial charge on any atom is 0.457 e. The summed E-state index contributed by atoms with van der Waals surface area (Å²) in [6, 6.07) is 14.1. The molecule has 4 nitrogen and oxygen atoms in total. The smallest absolute Gasteiger partial charge is 0.457 e. The molecule has 13 heteroatoms. The number of hydrogen-bond acceptors (Lipinski definition) is 3. The van der Waals surface area contributed by atoms with Crippen molar-refractivity contribution in [2.45, 2.75) is 44.4 Å². The highest BCUT2D eigenvalue weighted by Gasteiger charge is 2.81. The molecule has 1 atom stereocenters. The lowest BCUT2D eigenvalue weighted by Gasteiger charge is -2.36. The van der Waals surface area contributed by atoms with Crippen LogP contribution in [0.1, 0.15) is 43.0 Å². The summed E-state index contributed by atoms with van der Waals surface area (Å²) in [7, 11) is 0. The molecule has 0 fully saturated rings. The molecule has 0 aliphatic rings. The molecule has 3 rings (SSSR count). The number of benzene rings is 3. The Labute approximate surface area is 221 Å². The van der Waals surface area contributed by atoms with E-state index in [1.54, 1.807) is 30.3 Å². The molecule has 0 aliphatic carbocycles. The van der Waals surface area contributed by atoms with Crippen molar-refractivity contribution in [3.05, 3.63) is 100 Å². The van der Waals surface area contributed by atoms with E-state index in [2.05, 4.69) is 5.32 Å². The quantitative estimate of drug-likeness (QED) is 0.230. The van der Waals surface area contributed by atoms with E-state index in [1.807, 2.05) is 0 Å². The highest BCUT2D eigenvalue weighted by atomic mass is 19.4. The molecule has 3 aromatic carbocycles. The number of esters is 1. The summed E-state index contributed by atoms with van der Waals surface area (Å²) in [5, 5.41) is 2.30. The normalized spacial score (nSPS) is 13.9. The topological polar surface area (TPSA) is 55.4 Å². The Morgan fingerprint density at radius 1 is 0.725 bits per heavy atom. The molecule has 0 heterocycles. The first kappa shape index (κ1) is 30.5. The minimum Gasteiger partial charge on any atom is -0.457 e. The third kappa shape index (κ3) is 5.77. The van der Waals surface area contributed by atoms with Crippen LogP contribution < -0.4 is 5.32 Å². The van der Waals surface area contributed by atoms with Crippen molar-refractivity contribution in [3.63, 3.8) is 0 Å². The molecule has 3 aromatic rings. The number of rotatable bonds is 7. The maximum absolute atomic E-state index is 14.9. The molecular formula is C27H20F9NO3. The van der Waals surface area contributed by atoms with Crippen LogP contribution in [0.4, 0.5) is 45.2 Å².